The lowest BCUT2D eigenvalue weighted by atomic mass is 9.96. The molecule has 0 amide bonds. The van der Waals surface area contributed by atoms with Gasteiger partial charge in [0.1, 0.15) is 0 Å². The van der Waals surface area contributed by atoms with Crippen molar-refractivity contribution in [1.29, 1.82) is 5.26 Å². The van der Waals surface area contributed by atoms with E-state index < -0.39 is 0 Å². The SMILES string of the molecule is N#CCC1(CNC2CCN3CCCC3C2)CC1. The van der Waals surface area contributed by atoms with Crippen LogP contribution in [0.15, 0.2) is 0 Å². The van der Waals surface area contributed by atoms with Gasteiger partial charge in [-0.05, 0) is 57.0 Å². The number of hydrogen-bond acceptors (Lipinski definition) is 3. The van der Waals surface area contributed by atoms with Crippen LogP contribution < -0.4 is 5.32 Å². The van der Waals surface area contributed by atoms with Gasteiger partial charge >= 0.3 is 0 Å². The van der Waals surface area contributed by atoms with Crippen molar-refractivity contribution in [2.75, 3.05) is 19.6 Å². The van der Waals surface area contributed by atoms with Crippen molar-refractivity contribution in [1.82, 2.24) is 10.2 Å². The van der Waals surface area contributed by atoms with E-state index in [1.165, 1.54) is 51.6 Å². The highest BCUT2D eigenvalue weighted by Gasteiger charge is 2.42. The zero-order valence-corrected chi connectivity index (χ0v) is 10.6. The van der Waals surface area contributed by atoms with Crippen LogP contribution in [0.25, 0.3) is 0 Å². The quantitative estimate of drug-likeness (QED) is 0.806. The molecule has 0 aromatic rings. The Balaban J connectivity index is 1.45. The number of nitrogens with one attached hydrogen (secondary N) is 1. The predicted octanol–water partition coefficient (Wildman–Crippen LogP) is 1.90. The molecule has 2 unspecified atom stereocenters. The molecule has 0 aromatic heterocycles. The van der Waals surface area contributed by atoms with E-state index in [1.807, 2.05) is 0 Å². The minimum absolute atomic E-state index is 0.363. The second-order valence-corrected chi connectivity index (χ2v) is 6.27. The molecule has 0 aromatic carbocycles. The molecular formula is C14H23N3. The molecule has 1 saturated carbocycles. The summed E-state index contributed by atoms with van der Waals surface area (Å²) in [6, 6.07) is 3.91. The molecule has 1 aliphatic carbocycles. The third-order valence-corrected chi connectivity index (χ3v) is 5.00. The van der Waals surface area contributed by atoms with E-state index in [0.29, 0.717) is 11.5 Å². The van der Waals surface area contributed by atoms with E-state index in [-0.39, 0.29) is 0 Å². The van der Waals surface area contributed by atoms with Gasteiger partial charge in [0.05, 0.1) is 6.07 Å². The second kappa shape index (κ2) is 4.59. The second-order valence-electron chi connectivity index (χ2n) is 6.27. The molecule has 2 heterocycles. The first-order valence-corrected chi connectivity index (χ1v) is 7.16. The molecule has 3 aliphatic rings. The fraction of sp³-hybridized carbons (Fsp3) is 0.929. The number of fused-ring (bicyclic) bond motifs is 1. The summed E-state index contributed by atoms with van der Waals surface area (Å²) < 4.78 is 0. The number of rotatable bonds is 4. The Kier molecular flexibility index (Phi) is 3.10. The van der Waals surface area contributed by atoms with E-state index in [2.05, 4.69) is 16.3 Å². The fourth-order valence-corrected chi connectivity index (χ4v) is 3.53. The van der Waals surface area contributed by atoms with Gasteiger partial charge in [-0.1, -0.05) is 0 Å². The van der Waals surface area contributed by atoms with Crippen molar-refractivity contribution < 1.29 is 0 Å². The van der Waals surface area contributed by atoms with Crippen LogP contribution in [0.5, 0.6) is 0 Å². The number of piperidine rings is 1. The largest absolute Gasteiger partial charge is 0.313 e. The average molecular weight is 233 g/mol. The molecule has 3 fully saturated rings. The third kappa shape index (κ3) is 2.48. The van der Waals surface area contributed by atoms with Gasteiger partial charge in [0, 0.05) is 25.0 Å². The van der Waals surface area contributed by atoms with Crippen LogP contribution in [0.3, 0.4) is 0 Å². The summed E-state index contributed by atoms with van der Waals surface area (Å²) in [5.74, 6) is 0. The zero-order chi connectivity index (χ0) is 11.7. The molecular weight excluding hydrogens is 210 g/mol. The third-order valence-electron chi connectivity index (χ3n) is 5.00. The number of hydrogen-bond donors (Lipinski definition) is 1. The van der Waals surface area contributed by atoms with Gasteiger partial charge in [0.15, 0.2) is 0 Å². The summed E-state index contributed by atoms with van der Waals surface area (Å²) >= 11 is 0. The number of nitriles is 1. The Morgan fingerprint density at radius 1 is 1.29 bits per heavy atom. The van der Waals surface area contributed by atoms with E-state index >= 15 is 0 Å². The Morgan fingerprint density at radius 2 is 2.18 bits per heavy atom. The van der Waals surface area contributed by atoms with Crippen molar-refractivity contribution in [3.8, 4) is 6.07 Å². The van der Waals surface area contributed by atoms with E-state index in [0.717, 1.165) is 19.0 Å². The molecule has 3 nitrogen and oxygen atoms in total. The fourth-order valence-electron chi connectivity index (χ4n) is 3.53. The monoisotopic (exact) mass is 233 g/mol. The van der Waals surface area contributed by atoms with Crippen molar-refractivity contribution in [2.45, 2.75) is 57.0 Å². The van der Waals surface area contributed by atoms with Crippen LogP contribution in [0.4, 0.5) is 0 Å². The topological polar surface area (TPSA) is 39.1 Å². The van der Waals surface area contributed by atoms with Gasteiger partial charge in [-0.25, -0.2) is 0 Å². The highest BCUT2D eigenvalue weighted by Crippen LogP contribution is 2.48. The van der Waals surface area contributed by atoms with Crippen molar-refractivity contribution in [3.05, 3.63) is 0 Å². The van der Waals surface area contributed by atoms with Crippen LogP contribution in [-0.2, 0) is 0 Å². The minimum atomic E-state index is 0.363. The van der Waals surface area contributed by atoms with Crippen LogP contribution >= 0.6 is 0 Å². The van der Waals surface area contributed by atoms with Crippen LogP contribution in [0, 0.1) is 16.7 Å². The first-order chi connectivity index (χ1) is 8.31. The standard InChI is InChI=1S/C14H23N3/c15-7-6-14(4-5-14)11-16-12-3-9-17-8-1-2-13(17)10-12/h12-13,16H,1-6,8-11H2. The van der Waals surface area contributed by atoms with Crippen LogP contribution in [0.2, 0.25) is 0 Å². The summed E-state index contributed by atoms with van der Waals surface area (Å²) in [5, 5.41) is 12.6. The smallest absolute Gasteiger partial charge is 0.0628 e. The Morgan fingerprint density at radius 3 is 2.94 bits per heavy atom. The highest BCUT2D eigenvalue weighted by atomic mass is 15.2. The lowest BCUT2D eigenvalue weighted by Crippen LogP contribution is -2.46. The summed E-state index contributed by atoms with van der Waals surface area (Å²) in [4.78, 5) is 2.67. The van der Waals surface area contributed by atoms with E-state index in [9.17, 15) is 0 Å². The molecule has 2 saturated heterocycles. The summed E-state index contributed by atoms with van der Waals surface area (Å²) in [5.41, 5.74) is 0.363. The Bertz CT molecular complexity index is 316. The molecule has 0 bridgehead atoms. The maximum Gasteiger partial charge on any atom is 0.0628 e. The molecule has 94 valence electrons. The maximum atomic E-state index is 8.82. The van der Waals surface area contributed by atoms with Gasteiger partial charge in [0.25, 0.3) is 0 Å². The first-order valence-electron chi connectivity index (χ1n) is 7.16. The molecule has 3 rings (SSSR count). The summed E-state index contributed by atoms with van der Waals surface area (Å²) in [7, 11) is 0. The lowest BCUT2D eigenvalue weighted by Gasteiger charge is -2.35. The average Bonchev–Trinajstić information content (AvgIpc) is 2.95. The minimum Gasteiger partial charge on any atom is -0.313 e. The predicted molar refractivity (Wildman–Crippen MR) is 67.5 cm³/mol. The van der Waals surface area contributed by atoms with Crippen LogP contribution in [0.1, 0.15) is 44.9 Å². The van der Waals surface area contributed by atoms with Gasteiger partial charge in [0.2, 0.25) is 0 Å². The maximum absolute atomic E-state index is 8.82. The van der Waals surface area contributed by atoms with Crippen molar-refractivity contribution in [3.63, 3.8) is 0 Å². The van der Waals surface area contributed by atoms with Crippen LogP contribution in [-0.4, -0.2) is 36.6 Å². The zero-order valence-electron chi connectivity index (χ0n) is 10.6. The molecule has 1 N–H and O–H groups in total. The van der Waals surface area contributed by atoms with Crippen molar-refractivity contribution >= 4 is 0 Å². The Hall–Kier alpha value is -0.590. The van der Waals surface area contributed by atoms with E-state index in [4.69, 9.17) is 5.26 Å². The first kappa shape index (κ1) is 11.5. The molecule has 2 atom stereocenters. The van der Waals surface area contributed by atoms with Gasteiger partial charge in [-0.3, -0.25) is 0 Å². The molecule has 0 spiro atoms. The highest BCUT2D eigenvalue weighted by molar-refractivity contribution is 5.01. The van der Waals surface area contributed by atoms with Gasteiger partial charge in [-0.2, -0.15) is 5.26 Å². The summed E-state index contributed by atoms with van der Waals surface area (Å²) in [6.07, 6.45) is 8.72. The molecule has 3 heteroatoms. The van der Waals surface area contributed by atoms with Gasteiger partial charge < -0.3 is 10.2 Å². The normalized spacial score (nSPS) is 35.2. The van der Waals surface area contributed by atoms with Gasteiger partial charge in [-0.15, -0.1) is 0 Å². The Labute approximate surface area is 104 Å². The number of nitrogens with zero attached hydrogens (tertiary/aromatic N) is 2. The molecule has 2 aliphatic heterocycles. The summed E-state index contributed by atoms with van der Waals surface area (Å²) in [6.45, 7) is 3.70. The van der Waals surface area contributed by atoms with Crippen molar-refractivity contribution in [2.24, 2.45) is 5.41 Å². The molecule has 17 heavy (non-hydrogen) atoms. The van der Waals surface area contributed by atoms with E-state index in [1.54, 1.807) is 0 Å². The lowest BCUT2D eigenvalue weighted by molar-refractivity contribution is 0.163. The molecule has 0 radical (unpaired) electrons.